The van der Waals surface area contributed by atoms with E-state index in [4.69, 9.17) is 5.11 Å². The molecule has 0 aromatic carbocycles. The smallest absolute Gasteiger partial charge is 0.321 e. The van der Waals surface area contributed by atoms with Crippen LogP contribution < -0.4 is 5.32 Å². The Balaban J connectivity index is 0.000000640. The summed E-state index contributed by atoms with van der Waals surface area (Å²) in [7, 11) is 0. The van der Waals surface area contributed by atoms with E-state index in [-0.39, 0.29) is 11.5 Å². The van der Waals surface area contributed by atoms with Crippen molar-refractivity contribution in [2.75, 3.05) is 11.6 Å². The summed E-state index contributed by atoms with van der Waals surface area (Å²) in [5.41, 5.74) is 0. The quantitative estimate of drug-likeness (QED) is 0.499. The maximum absolute atomic E-state index is 10.1. The largest absolute Gasteiger partial charge is 0.480 e. The van der Waals surface area contributed by atoms with Crippen LogP contribution in [0.3, 0.4) is 0 Å². The van der Waals surface area contributed by atoms with Crippen molar-refractivity contribution in [3.63, 3.8) is 0 Å². The molecule has 0 amide bonds. The van der Waals surface area contributed by atoms with E-state index < -0.39 is 5.97 Å². The summed E-state index contributed by atoms with van der Waals surface area (Å²) in [6, 6.07) is -0.306. The summed E-state index contributed by atoms with van der Waals surface area (Å²) in [5.74, 6) is 0.738. The summed E-state index contributed by atoms with van der Waals surface area (Å²) in [6.07, 6.45) is 0. The van der Waals surface area contributed by atoms with E-state index in [1.165, 1.54) is 0 Å². The molecule has 1 aliphatic heterocycles. The predicted molar refractivity (Wildman–Crippen MR) is 35.5 cm³/mol. The molecule has 1 atom stereocenters. The lowest BCUT2D eigenvalue weighted by atomic mass is 10.4. The highest BCUT2D eigenvalue weighted by molar-refractivity contribution is 7.99. The molecule has 0 bridgehead atoms. The Morgan fingerprint density at radius 2 is 2.44 bits per heavy atom. The molecule has 0 aromatic rings. The number of carbonyl (C=O) groups is 1. The van der Waals surface area contributed by atoms with E-state index in [1.807, 2.05) is 0 Å². The van der Waals surface area contributed by atoms with Crippen LogP contribution in [0.1, 0.15) is 0 Å². The lowest BCUT2D eigenvalue weighted by molar-refractivity contribution is -0.138. The van der Waals surface area contributed by atoms with Gasteiger partial charge < -0.3 is 10.6 Å². The molecule has 0 radical (unpaired) electrons. The van der Waals surface area contributed by atoms with Gasteiger partial charge in [-0.2, -0.15) is 0 Å². The average molecular weight is 151 g/mol. The maximum Gasteiger partial charge on any atom is 0.321 e. The SMILES string of the molecule is O.O=C(O)C1CSCN1. The normalized spacial score (nSPS) is 25.1. The molecule has 1 saturated heterocycles. The number of rotatable bonds is 1. The van der Waals surface area contributed by atoms with E-state index in [0.717, 1.165) is 5.88 Å². The van der Waals surface area contributed by atoms with Gasteiger partial charge in [-0.25, -0.2) is 0 Å². The number of hydrogen-bond acceptors (Lipinski definition) is 3. The minimum Gasteiger partial charge on any atom is -0.480 e. The van der Waals surface area contributed by atoms with Crippen LogP contribution in [-0.2, 0) is 4.79 Å². The molecule has 1 fully saturated rings. The summed E-state index contributed by atoms with van der Waals surface area (Å²) >= 11 is 1.62. The Bertz CT molecular complexity index is 102. The second-order valence-electron chi connectivity index (χ2n) is 1.61. The van der Waals surface area contributed by atoms with E-state index >= 15 is 0 Å². The topological polar surface area (TPSA) is 80.8 Å². The predicted octanol–water partition coefficient (Wildman–Crippen LogP) is -1.09. The number of carboxylic acid groups (broad SMARTS) is 1. The highest BCUT2D eigenvalue weighted by Gasteiger charge is 2.20. The molecule has 1 unspecified atom stereocenters. The standard InChI is InChI=1S/C4H7NO2S.H2O/c6-4(7)3-1-8-2-5-3;/h3,5H,1-2H2,(H,6,7);1H2. The van der Waals surface area contributed by atoms with Gasteiger partial charge in [0.2, 0.25) is 0 Å². The van der Waals surface area contributed by atoms with Crippen molar-refractivity contribution in [3.8, 4) is 0 Å². The first-order valence-corrected chi connectivity index (χ1v) is 3.50. The first-order valence-electron chi connectivity index (χ1n) is 2.34. The van der Waals surface area contributed by atoms with E-state index in [2.05, 4.69) is 5.32 Å². The molecule has 4 N–H and O–H groups in total. The Kier molecular flexibility index (Phi) is 3.60. The van der Waals surface area contributed by atoms with Crippen molar-refractivity contribution < 1.29 is 15.4 Å². The molecular weight excluding hydrogens is 142 g/mol. The van der Waals surface area contributed by atoms with Gasteiger partial charge in [-0.15, -0.1) is 11.8 Å². The van der Waals surface area contributed by atoms with E-state index in [9.17, 15) is 4.79 Å². The fourth-order valence-corrected chi connectivity index (χ4v) is 1.49. The molecule has 54 valence electrons. The molecular formula is C4H9NO3S. The van der Waals surface area contributed by atoms with Crippen LogP contribution in [0.15, 0.2) is 0 Å². The van der Waals surface area contributed by atoms with Crippen molar-refractivity contribution >= 4 is 17.7 Å². The van der Waals surface area contributed by atoms with E-state index in [0.29, 0.717) is 5.75 Å². The molecule has 1 rings (SSSR count). The van der Waals surface area contributed by atoms with Gasteiger partial charge in [-0.3, -0.25) is 10.1 Å². The number of carboxylic acids is 1. The second-order valence-corrected chi connectivity index (χ2v) is 2.64. The molecule has 0 aromatic heterocycles. The molecule has 1 heterocycles. The third kappa shape index (κ3) is 2.21. The van der Waals surface area contributed by atoms with Gasteiger partial charge in [0.1, 0.15) is 6.04 Å². The molecule has 0 saturated carbocycles. The van der Waals surface area contributed by atoms with Crippen LogP contribution in [0, 0.1) is 0 Å². The monoisotopic (exact) mass is 151 g/mol. The van der Waals surface area contributed by atoms with Crippen LogP contribution in [0.4, 0.5) is 0 Å². The van der Waals surface area contributed by atoms with Gasteiger partial charge in [0.05, 0.1) is 0 Å². The maximum atomic E-state index is 10.1. The second kappa shape index (κ2) is 3.71. The average Bonchev–Trinajstić information content (AvgIpc) is 2.12. The summed E-state index contributed by atoms with van der Waals surface area (Å²) in [4.78, 5) is 10.1. The highest BCUT2D eigenvalue weighted by Crippen LogP contribution is 2.08. The van der Waals surface area contributed by atoms with Crippen LogP contribution in [0.25, 0.3) is 0 Å². The summed E-state index contributed by atoms with van der Waals surface area (Å²) in [5, 5.41) is 11.2. The third-order valence-electron chi connectivity index (χ3n) is 1.01. The number of nitrogens with one attached hydrogen (secondary N) is 1. The highest BCUT2D eigenvalue weighted by atomic mass is 32.2. The lowest BCUT2D eigenvalue weighted by Gasteiger charge is -1.98. The molecule has 4 nitrogen and oxygen atoms in total. The van der Waals surface area contributed by atoms with Crippen molar-refractivity contribution in [1.82, 2.24) is 5.32 Å². The van der Waals surface area contributed by atoms with Gasteiger partial charge in [0.15, 0.2) is 0 Å². The van der Waals surface area contributed by atoms with Gasteiger partial charge in [0.25, 0.3) is 0 Å². The Labute approximate surface area is 56.9 Å². The first kappa shape index (κ1) is 8.74. The van der Waals surface area contributed by atoms with Crippen molar-refractivity contribution in [2.24, 2.45) is 0 Å². The molecule has 9 heavy (non-hydrogen) atoms. The molecule has 1 aliphatic rings. The number of thioether (sulfide) groups is 1. The summed E-state index contributed by atoms with van der Waals surface area (Å²) < 4.78 is 0. The van der Waals surface area contributed by atoms with Crippen LogP contribution >= 0.6 is 11.8 Å². The minimum absolute atomic E-state index is 0. The summed E-state index contributed by atoms with van der Waals surface area (Å²) in [6.45, 7) is 0. The van der Waals surface area contributed by atoms with Gasteiger partial charge in [0, 0.05) is 11.6 Å². The molecule has 0 aliphatic carbocycles. The molecule has 5 heteroatoms. The Morgan fingerprint density at radius 1 is 1.78 bits per heavy atom. The van der Waals surface area contributed by atoms with Gasteiger partial charge in [-0.05, 0) is 0 Å². The zero-order valence-corrected chi connectivity index (χ0v) is 5.57. The van der Waals surface area contributed by atoms with Crippen LogP contribution in [0.2, 0.25) is 0 Å². The van der Waals surface area contributed by atoms with Gasteiger partial charge >= 0.3 is 5.97 Å². The first-order chi connectivity index (χ1) is 3.80. The van der Waals surface area contributed by atoms with E-state index in [1.54, 1.807) is 11.8 Å². The zero-order valence-electron chi connectivity index (χ0n) is 4.76. The van der Waals surface area contributed by atoms with Crippen LogP contribution in [0.5, 0.6) is 0 Å². The minimum atomic E-state index is -0.741. The van der Waals surface area contributed by atoms with Crippen molar-refractivity contribution in [3.05, 3.63) is 0 Å². The van der Waals surface area contributed by atoms with Gasteiger partial charge in [-0.1, -0.05) is 0 Å². The number of aliphatic carboxylic acids is 1. The zero-order chi connectivity index (χ0) is 5.98. The van der Waals surface area contributed by atoms with Crippen molar-refractivity contribution in [2.45, 2.75) is 6.04 Å². The third-order valence-corrected chi connectivity index (χ3v) is 1.95. The Morgan fingerprint density at radius 3 is 2.67 bits per heavy atom. The molecule has 0 spiro atoms. The lowest BCUT2D eigenvalue weighted by Crippen LogP contribution is -2.32. The Hall–Kier alpha value is -0.260. The van der Waals surface area contributed by atoms with Crippen LogP contribution in [-0.4, -0.2) is 34.2 Å². The fraction of sp³-hybridized carbons (Fsp3) is 0.750. The van der Waals surface area contributed by atoms with Crippen molar-refractivity contribution in [1.29, 1.82) is 0 Å². The fourth-order valence-electron chi connectivity index (χ4n) is 0.554. The number of hydrogen-bond donors (Lipinski definition) is 2.